The fourth-order valence-electron chi connectivity index (χ4n) is 2.78. The van der Waals surface area contributed by atoms with E-state index < -0.39 is 0 Å². The van der Waals surface area contributed by atoms with E-state index in [0.717, 1.165) is 5.56 Å². The molecule has 3 rings (SSSR count). The molecule has 0 bridgehead atoms. The van der Waals surface area contributed by atoms with Gasteiger partial charge in [-0.1, -0.05) is 40.5 Å². The number of hydrogen-bond acceptors (Lipinski definition) is 5. The molecule has 1 aromatic carbocycles. The monoisotopic (exact) mass is 420 g/mol. The van der Waals surface area contributed by atoms with Gasteiger partial charge in [0, 0.05) is 30.9 Å². The number of halogens is 2. The number of nitrogens with one attached hydrogen (secondary N) is 1. The van der Waals surface area contributed by atoms with Gasteiger partial charge < -0.3 is 14.6 Å². The highest BCUT2D eigenvalue weighted by molar-refractivity contribution is 6.39. The molecular formula is C19H18Cl2N4O3. The first-order valence-electron chi connectivity index (χ1n) is 8.34. The van der Waals surface area contributed by atoms with Crippen molar-refractivity contribution in [3.63, 3.8) is 0 Å². The molecule has 7 nitrogen and oxygen atoms in total. The van der Waals surface area contributed by atoms with Crippen LogP contribution >= 0.6 is 23.2 Å². The Morgan fingerprint density at radius 1 is 1.25 bits per heavy atom. The number of amides is 2. The van der Waals surface area contributed by atoms with Crippen molar-refractivity contribution in [1.82, 2.24) is 15.5 Å². The second-order valence-electron chi connectivity index (χ2n) is 5.92. The number of aryl methyl sites for hydroxylation is 1. The molecular weight excluding hydrogens is 403 g/mol. The number of benzene rings is 1. The first-order valence-corrected chi connectivity index (χ1v) is 9.09. The molecule has 0 aliphatic rings. The summed E-state index contributed by atoms with van der Waals surface area (Å²) in [4.78, 5) is 18.3. The molecule has 2 aromatic heterocycles. The van der Waals surface area contributed by atoms with E-state index >= 15 is 0 Å². The fraction of sp³-hybridized carbons (Fsp3) is 0.211. The first-order chi connectivity index (χ1) is 13.4. The molecule has 0 atom stereocenters. The van der Waals surface area contributed by atoms with E-state index in [1.54, 1.807) is 44.4 Å². The van der Waals surface area contributed by atoms with Gasteiger partial charge in [-0.25, -0.2) is 9.78 Å². The van der Waals surface area contributed by atoms with E-state index in [9.17, 15) is 4.79 Å². The van der Waals surface area contributed by atoms with E-state index in [1.165, 1.54) is 12.0 Å². The van der Waals surface area contributed by atoms with Gasteiger partial charge >= 0.3 is 6.03 Å². The Bertz CT molecular complexity index is 986. The predicted octanol–water partition coefficient (Wildman–Crippen LogP) is 4.71. The number of pyridine rings is 1. The summed E-state index contributed by atoms with van der Waals surface area (Å²) in [5.41, 5.74) is 2.13. The molecule has 2 amide bonds. The van der Waals surface area contributed by atoms with Crippen LogP contribution in [0.5, 0.6) is 5.88 Å². The normalized spacial score (nSPS) is 10.6. The summed E-state index contributed by atoms with van der Waals surface area (Å²) in [5.74, 6) is 0.915. The average Bonchev–Trinajstić information content (AvgIpc) is 3.06. The molecule has 0 unspecified atom stereocenters. The number of rotatable bonds is 5. The second-order valence-corrected chi connectivity index (χ2v) is 6.74. The summed E-state index contributed by atoms with van der Waals surface area (Å²) in [6, 6.07) is 8.37. The third-order valence-electron chi connectivity index (χ3n) is 4.14. The van der Waals surface area contributed by atoms with Crippen molar-refractivity contribution in [3.05, 3.63) is 57.9 Å². The topological polar surface area (TPSA) is 80.5 Å². The molecule has 0 saturated heterocycles. The van der Waals surface area contributed by atoms with Crippen LogP contribution in [0.15, 0.2) is 41.1 Å². The highest BCUT2D eigenvalue weighted by Crippen LogP contribution is 2.40. The fourth-order valence-corrected chi connectivity index (χ4v) is 3.36. The van der Waals surface area contributed by atoms with Gasteiger partial charge in [-0.3, -0.25) is 4.90 Å². The first kappa shape index (κ1) is 20.0. The van der Waals surface area contributed by atoms with Crippen molar-refractivity contribution in [1.29, 1.82) is 0 Å². The summed E-state index contributed by atoms with van der Waals surface area (Å²) in [6.45, 7) is 1.96. The minimum absolute atomic E-state index is 0.243. The number of hydrogen-bond donors (Lipinski definition) is 1. The maximum absolute atomic E-state index is 12.7. The molecule has 9 heteroatoms. The van der Waals surface area contributed by atoms with E-state index in [-0.39, 0.29) is 12.6 Å². The Morgan fingerprint density at radius 3 is 2.64 bits per heavy atom. The molecule has 0 aliphatic heterocycles. The van der Waals surface area contributed by atoms with Crippen LogP contribution in [0.4, 0.5) is 10.5 Å². The van der Waals surface area contributed by atoms with Crippen molar-refractivity contribution in [3.8, 4) is 17.1 Å². The lowest BCUT2D eigenvalue weighted by Crippen LogP contribution is -2.37. The highest BCUT2D eigenvalue weighted by atomic mass is 35.5. The largest absolute Gasteiger partial charge is 0.481 e. The highest BCUT2D eigenvalue weighted by Gasteiger charge is 2.25. The zero-order valence-electron chi connectivity index (χ0n) is 15.5. The summed E-state index contributed by atoms with van der Waals surface area (Å²) in [7, 11) is 3.14. The van der Waals surface area contributed by atoms with Crippen LogP contribution in [0.3, 0.4) is 0 Å². The molecule has 0 aliphatic carbocycles. The van der Waals surface area contributed by atoms with Crippen LogP contribution < -0.4 is 15.0 Å². The maximum Gasteiger partial charge on any atom is 0.322 e. The van der Waals surface area contributed by atoms with Crippen molar-refractivity contribution in [2.45, 2.75) is 13.5 Å². The van der Waals surface area contributed by atoms with E-state index in [0.29, 0.717) is 38.6 Å². The van der Waals surface area contributed by atoms with E-state index in [1.807, 2.05) is 6.07 Å². The molecule has 2 heterocycles. The number of aromatic nitrogens is 2. The smallest absolute Gasteiger partial charge is 0.322 e. The van der Waals surface area contributed by atoms with Gasteiger partial charge in [0.05, 0.1) is 17.2 Å². The van der Waals surface area contributed by atoms with Crippen LogP contribution in [-0.4, -0.2) is 30.3 Å². The van der Waals surface area contributed by atoms with Crippen molar-refractivity contribution in [2.24, 2.45) is 0 Å². The lowest BCUT2D eigenvalue weighted by molar-refractivity contribution is 0.247. The van der Waals surface area contributed by atoms with Gasteiger partial charge in [0.15, 0.2) is 5.76 Å². The third kappa shape index (κ3) is 3.90. The van der Waals surface area contributed by atoms with Crippen LogP contribution in [0.25, 0.3) is 11.3 Å². The van der Waals surface area contributed by atoms with Crippen LogP contribution in [-0.2, 0) is 6.54 Å². The lowest BCUT2D eigenvalue weighted by Gasteiger charge is -2.19. The van der Waals surface area contributed by atoms with Crippen LogP contribution in [0.1, 0.15) is 11.3 Å². The van der Waals surface area contributed by atoms with Gasteiger partial charge in [0.25, 0.3) is 0 Å². The number of nitrogens with zero attached hydrogens (tertiary/aromatic N) is 3. The van der Waals surface area contributed by atoms with Gasteiger partial charge in [-0.05, 0) is 25.1 Å². The Hall–Kier alpha value is -2.77. The molecule has 0 spiro atoms. The number of urea groups is 1. The van der Waals surface area contributed by atoms with Crippen molar-refractivity contribution >= 4 is 34.9 Å². The Labute approximate surface area is 172 Å². The van der Waals surface area contributed by atoms with E-state index in [2.05, 4.69) is 15.5 Å². The molecule has 1 N–H and O–H groups in total. The van der Waals surface area contributed by atoms with Crippen molar-refractivity contribution in [2.75, 3.05) is 19.1 Å². The maximum atomic E-state index is 12.7. The summed E-state index contributed by atoms with van der Waals surface area (Å²) >= 11 is 12.6. The SMILES string of the molecule is COc1ncccc1CNC(=O)N(C)c1c(-c2c(Cl)cccc2Cl)noc1C. The summed E-state index contributed by atoms with van der Waals surface area (Å²) in [5, 5.41) is 7.72. The number of ether oxygens (including phenoxy) is 1. The third-order valence-corrected chi connectivity index (χ3v) is 4.77. The van der Waals surface area contributed by atoms with Gasteiger partial charge in [-0.2, -0.15) is 0 Å². The van der Waals surface area contributed by atoms with Crippen LogP contribution in [0.2, 0.25) is 10.0 Å². The molecule has 3 aromatic rings. The van der Waals surface area contributed by atoms with Crippen LogP contribution in [0, 0.1) is 6.92 Å². The predicted molar refractivity (Wildman–Crippen MR) is 108 cm³/mol. The molecule has 146 valence electrons. The molecule has 28 heavy (non-hydrogen) atoms. The second kappa shape index (κ2) is 8.50. The summed E-state index contributed by atoms with van der Waals surface area (Å²) < 4.78 is 10.5. The average molecular weight is 421 g/mol. The number of carbonyl (C=O) groups is 1. The summed E-state index contributed by atoms with van der Waals surface area (Å²) in [6.07, 6.45) is 1.62. The lowest BCUT2D eigenvalue weighted by atomic mass is 10.1. The molecule has 0 fully saturated rings. The van der Waals surface area contributed by atoms with Gasteiger partial charge in [0.2, 0.25) is 5.88 Å². The zero-order valence-corrected chi connectivity index (χ0v) is 17.0. The zero-order chi connectivity index (χ0) is 20.3. The van der Waals surface area contributed by atoms with E-state index in [4.69, 9.17) is 32.5 Å². The number of carbonyl (C=O) groups excluding carboxylic acids is 1. The minimum Gasteiger partial charge on any atom is -0.481 e. The number of methoxy groups -OCH3 is 1. The number of anilines is 1. The minimum atomic E-state index is -0.360. The van der Waals surface area contributed by atoms with Gasteiger partial charge in [-0.15, -0.1) is 0 Å². The Balaban J connectivity index is 1.86. The Morgan fingerprint density at radius 2 is 1.96 bits per heavy atom. The van der Waals surface area contributed by atoms with Crippen molar-refractivity contribution < 1.29 is 14.1 Å². The Kier molecular flexibility index (Phi) is 6.06. The molecule has 0 radical (unpaired) electrons. The molecule has 0 saturated carbocycles. The quantitative estimate of drug-likeness (QED) is 0.646. The van der Waals surface area contributed by atoms with Gasteiger partial charge in [0.1, 0.15) is 11.4 Å². The standard InChI is InChI=1S/C19H18Cl2N4O3/c1-11-17(16(24-28-11)15-13(20)7-4-8-14(15)21)25(2)19(26)23-10-12-6-5-9-22-18(12)27-3/h4-9H,10H2,1-3H3,(H,23,26).